The first-order valence-corrected chi connectivity index (χ1v) is 8.61. The zero-order valence-corrected chi connectivity index (χ0v) is 14.1. The van der Waals surface area contributed by atoms with Crippen LogP contribution in [-0.2, 0) is 10.5 Å². The van der Waals surface area contributed by atoms with Gasteiger partial charge >= 0.3 is 5.79 Å². The van der Waals surface area contributed by atoms with E-state index < -0.39 is 22.9 Å². The number of aromatic hydroxyl groups is 1. The highest BCUT2D eigenvalue weighted by atomic mass is 16.8. The molecule has 0 radical (unpaired) electrons. The molecule has 3 aromatic carbocycles. The monoisotopic (exact) mass is 377 g/mol. The van der Waals surface area contributed by atoms with Gasteiger partial charge in [-0.15, -0.1) is 0 Å². The highest BCUT2D eigenvalue weighted by Gasteiger charge is 2.69. The van der Waals surface area contributed by atoms with Crippen molar-refractivity contribution in [2.45, 2.75) is 18.0 Å². The molecule has 3 aromatic rings. The molecule has 3 atom stereocenters. The Morgan fingerprint density at radius 1 is 1.04 bits per heavy atom. The number of hydrogen-bond acceptors (Lipinski definition) is 7. The SMILES string of the molecule is O=C1c2c(O)cccc2[C@]2(Oc3cccc4c([N+](=O)[O-])ccc(c34)O2)[C@@H]2O[C@H]12. The Morgan fingerprint density at radius 3 is 2.57 bits per heavy atom. The lowest BCUT2D eigenvalue weighted by Gasteiger charge is -2.40. The van der Waals surface area contributed by atoms with Crippen molar-refractivity contribution in [2.24, 2.45) is 0 Å². The molecular formula is C20H11NO7. The average molecular weight is 377 g/mol. The second-order valence-electron chi connectivity index (χ2n) is 6.93. The van der Waals surface area contributed by atoms with Gasteiger partial charge in [-0.1, -0.05) is 18.2 Å². The van der Waals surface area contributed by atoms with Crippen molar-refractivity contribution in [3.63, 3.8) is 0 Å². The quantitative estimate of drug-likeness (QED) is 0.394. The molecule has 1 N–H and O–H groups in total. The summed E-state index contributed by atoms with van der Waals surface area (Å²) in [5.41, 5.74) is 0.428. The Hall–Kier alpha value is -3.65. The van der Waals surface area contributed by atoms with Crippen molar-refractivity contribution in [2.75, 3.05) is 0 Å². The molecule has 8 nitrogen and oxygen atoms in total. The third-order valence-corrected chi connectivity index (χ3v) is 5.45. The van der Waals surface area contributed by atoms with Crippen molar-refractivity contribution in [3.05, 3.63) is 69.8 Å². The number of phenols is 1. The van der Waals surface area contributed by atoms with Gasteiger partial charge in [-0.05, 0) is 24.3 Å². The van der Waals surface area contributed by atoms with Gasteiger partial charge in [0.05, 0.1) is 26.8 Å². The number of epoxide rings is 1. The third kappa shape index (κ3) is 1.70. The normalized spacial score (nSPS) is 26.2. The molecule has 3 aliphatic rings. The Labute approximate surface area is 157 Å². The van der Waals surface area contributed by atoms with E-state index in [1.807, 2.05) is 0 Å². The summed E-state index contributed by atoms with van der Waals surface area (Å²) in [6, 6.07) is 12.6. The van der Waals surface area contributed by atoms with Crippen LogP contribution in [0, 0.1) is 10.1 Å². The summed E-state index contributed by atoms with van der Waals surface area (Å²) in [6.45, 7) is 0. The summed E-state index contributed by atoms with van der Waals surface area (Å²) in [6.07, 6.45) is -1.44. The molecule has 28 heavy (non-hydrogen) atoms. The molecule has 1 fully saturated rings. The third-order valence-electron chi connectivity index (χ3n) is 5.45. The molecule has 0 bridgehead atoms. The molecule has 1 saturated heterocycles. The maximum absolute atomic E-state index is 12.6. The van der Waals surface area contributed by atoms with Crippen LogP contribution in [0.4, 0.5) is 5.69 Å². The number of Topliss-reactive ketones (excluding diaryl/α,β-unsaturated/α-hetero) is 1. The minimum absolute atomic E-state index is 0.0545. The fourth-order valence-corrected chi connectivity index (χ4v) is 4.22. The number of nitro benzene ring substituents is 1. The second-order valence-corrected chi connectivity index (χ2v) is 6.93. The maximum atomic E-state index is 12.6. The first kappa shape index (κ1) is 15.4. The van der Waals surface area contributed by atoms with Gasteiger partial charge in [0.25, 0.3) is 5.69 Å². The molecule has 6 rings (SSSR count). The van der Waals surface area contributed by atoms with E-state index in [1.165, 1.54) is 18.2 Å². The molecule has 0 saturated carbocycles. The summed E-state index contributed by atoms with van der Waals surface area (Å²) in [5.74, 6) is -1.16. The Balaban J connectivity index is 1.62. The van der Waals surface area contributed by atoms with E-state index in [1.54, 1.807) is 30.3 Å². The van der Waals surface area contributed by atoms with E-state index in [-0.39, 0.29) is 22.8 Å². The van der Waals surface area contributed by atoms with Crippen LogP contribution in [0.2, 0.25) is 0 Å². The number of non-ortho nitro benzene ring substituents is 1. The molecule has 8 heteroatoms. The number of rotatable bonds is 1. The number of ketones is 1. The first-order valence-electron chi connectivity index (χ1n) is 8.61. The van der Waals surface area contributed by atoms with Crippen molar-refractivity contribution in [1.29, 1.82) is 0 Å². The molecule has 1 aliphatic carbocycles. The number of nitrogens with zero attached hydrogens (tertiary/aromatic N) is 1. The van der Waals surface area contributed by atoms with Crippen molar-refractivity contribution < 1.29 is 29.0 Å². The number of fused-ring (bicyclic) bond motifs is 4. The number of carbonyl (C=O) groups excluding carboxylic acids is 1. The fourth-order valence-electron chi connectivity index (χ4n) is 4.22. The summed E-state index contributed by atoms with van der Waals surface area (Å²) in [4.78, 5) is 23.5. The van der Waals surface area contributed by atoms with Gasteiger partial charge in [-0.3, -0.25) is 14.9 Å². The van der Waals surface area contributed by atoms with Crippen LogP contribution in [0.1, 0.15) is 15.9 Å². The number of carbonyl (C=O) groups is 1. The van der Waals surface area contributed by atoms with Crippen LogP contribution in [0.3, 0.4) is 0 Å². The molecule has 1 spiro atoms. The van der Waals surface area contributed by atoms with E-state index in [0.29, 0.717) is 27.8 Å². The highest BCUT2D eigenvalue weighted by molar-refractivity contribution is 6.07. The molecule has 2 aliphatic heterocycles. The number of ether oxygens (including phenoxy) is 3. The molecule has 2 heterocycles. The van der Waals surface area contributed by atoms with Crippen LogP contribution in [-0.4, -0.2) is 28.0 Å². The Morgan fingerprint density at radius 2 is 1.79 bits per heavy atom. The lowest BCUT2D eigenvalue weighted by Crippen LogP contribution is -2.51. The van der Waals surface area contributed by atoms with Gasteiger partial charge in [-0.25, -0.2) is 0 Å². The standard InChI is InChI=1S/C20H11NO7/c22-12-5-2-4-10-16(12)17(23)18-19(26-18)20(10)27-13-6-1-3-9-11(21(24)25)7-8-14(28-20)15(9)13/h1-8,18-19,22H/t18-,19-,20-/m1/s1. The van der Waals surface area contributed by atoms with Gasteiger partial charge < -0.3 is 19.3 Å². The molecule has 0 unspecified atom stereocenters. The van der Waals surface area contributed by atoms with E-state index >= 15 is 0 Å². The minimum atomic E-state index is -1.45. The van der Waals surface area contributed by atoms with Crippen LogP contribution in [0.25, 0.3) is 10.8 Å². The number of benzene rings is 3. The van der Waals surface area contributed by atoms with Crippen molar-refractivity contribution >= 4 is 22.2 Å². The van der Waals surface area contributed by atoms with Crippen molar-refractivity contribution in [3.8, 4) is 17.2 Å². The predicted octanol–water partition coefficient (Wildman–Crippen LogP) is 3.04. The lowest BCUT2D eigenvalue weighted by molar-refractivity contribution is -0.383. The van der Waals surface area contributed by atoms with Gasteiger partial charge in [-0.2, -0.15) is 0 Å². The first-order chi connectivity index (χ1) is 13.5. The van der Waals surface area contributed by atoms with Crippen LogP contribution < -0.4 is 9.47 Å². The number of nitro groups is 1. The van der Waals surface area contributed by atoms with Gasteiger partial charge in [0.1, 0.15) is 17.2 Å². The van der Waals surface area contributed by atoms with E-state index in [4.69, 9.17) is 14.2 Å². The zero-order chi connectivity index (χ0) is 19.2. The summed E-state index contributed by atoms with van der Waals surface area (Å²) >= 11 is 0. The number of hydrogen-bond donors (Lipinski definition) is 1. The Kier molecular flexibility index (Phi) is 2.64. The minimum Gasteiger partial charge on any atom is -0.507 e. The smallest absolute Gasteiger partial charge is 0.308 e. The largest absolute Gasteiger partial charge is 0.507 e. The Bertz CT molecular complexity index is 1220. The molecule has 0 amide bonds. The van der Waals surface area contributed by atoms with E-state index in [0.717, 1.165) is 0 Å². The summed E-state index contributed by atoms with van der Waals surface area (Å²) in [7, 11) is 0. The number of phenolic OH excluding ortho intramolecular Hbond substituents is 1. The predicted molar refractivity (Wildman–Crippen MR) is 94.6 cm³/mol. The van der Waals surface area contributed by atoms with Crippen LogP contribution in [0.15, 0.2) is 48.5 Å². The van der Waals surface area contributed by atoms with Gasteiger partial charge in [0.2, 0.25) is 0 Å². The van der Waals surface area contributed by atoms with Gasteiger partial charge in [0, 0.05) is 6.07 Å². The summed E-state index contributed by atoms with van der Waals surface area (Å²) < 4.78 is 18.0. The second kappa shape index (κ2) is 4.79. The van der Waals surface area contributed by atoms with Crippen LogP contribution in [0.5, 0.6) is 17.2 Å². The zero-order valence-electron chi connectivity index (χ0n) is 14.1. The maximum Gasteiger partial charge on any atom is 0.308 e. The fraction of sp³-hybridized carbons (Fsp3) is 0.150. The highest BCUT2D eigenvalue weighted by Crippen LogP contribution is 2.56. The molecule has 0 aromatic heterocycles. The topological polar surface area (TPSA) is 111 Å². The molecule has 138 valence electrons. The van der Waals surface area contributed by atoms with Crippen LogP contribution >= 0.6 is 0 Å². The lowest BCUT2D eigenvalue weighted by atomic mass is 9.84. The summed E-state index contributed by atoms with van der Waals surface area (Å²) in [5, 5.41) is 22.5. The van der Waals surface area contributed by atoms with E-state index in [9.17, 15) is 20.0 Å². The average Bonchev–Trinajstić information content (AvgIpc) is 3.48. The van der Waals surface area contributed by atoms with E-state index in [2.05, 4.69) is 0 Å². The van der Waals surface area contributed by atoms with Crippen molar-refractivity contribution in [1.82, 2.24) is 0 Å². The van der Waals surface area contributed by atoms with Gasteiger partial charge in [0.15, 0.2) is 18.0 Å². The molecular weight excluding hydrogens is 366 g/mol.